The van der Waals surface area contributed by atoms with E-state index < -0.39 is 0 Å². The topological polar surface area (TPSA) is 29.9 Å². The molecule has 0 aliphatic carbocycles. The van der Waals surface area contributed by atoms with Crippen LogP contribution in [0.2, 0.25) is 0 Å². The molecule has 2 aromatic rings. The van der Waals surface area contributed by atoms with Gasteiger partial charge in [0, 0.05) is 30.7 Å². The second kappa shape index (κ2) is 12.1. The van der Waals surface area contributed by atoms with E-state index >= 15 is 0 Å². The van der Waals surface area contributed by atoms with E-state index in [1.807, 2.05) is 18.6 Å². The lowest BCUT2D eigenvalue weighted by atomic mass is 9.97. The number of aromatic nitrogens is 2. The van der Waals surface area contributed by atoms with Crippen LogP contribution in [0.25, 0.3) is 17.1 Å². The maximum absolute atomic E-state index is 9.50. The number of allylic oxidation sites excluding steroid dienone is 2. The van der Waals surface area contributed by atoms with Gasteiger partial charge in [0.15, 0.2) is 0 Å². The summed E-state index contributed by atoms with van der Waals surface area (Å²) in [7, 11) is 0.500. The van der Waals surface area contributed by atoms with Crippen LogP contribution in [0.15, 0.2) is 55.0 Å². The van der Waals surface area contributed by atoms with Gasteiger partial charge in [0.05, 0.1) is 12.9 Å². The summed E-state index contributed by atoms with van der Waals surface area (Å²) in [6.45, 7) is 9.68. The van der Waals surface area contributed by atoms with Crippen molar-refractivity contribution in [3.8, 4) is 11.4 Å². The zero-order valence-electron chi connectivity index (χ0n) is 16.7. The Bertz CT molecular complexity index is 697. The predicted molar refractivity (Wildman–Crippen MR) is 111 cm³/mol. The van der Waals surface area contributed by atoms with E-state index in [1.54, 1.807) is 0 Å². The molecule has 26 heavy (non-hydrogen) atoms. The fraction of sp³-hybridized carbons (Fsp3) is 0.409. The molecule has 1 aromatic heterocycles. The molecule has 0 fully saturated rings. The third-order valence-electron chi connectivity index (χ3n) is 4.02. The van der Waals surface area contributed by atoms with Gasteiger partial charge in [-0.2, -0.15) is 0 Å². The number of hydrogen-bond donors (Lipinski definition) is 1. The second-order valence-corrected chi connectivity index (χ2v) is 6.24. The van der Waals surface area contributed by atoms with Gasteiger partial charge in [-0.25, -0.2) is 4.98 Å². The van der Waals surface area contributed by atoms with E-state index in [-0.39, 0.29) is 0 Å². The van der Waals surface area contributed by atoms with Crippen molar-refractivity contribution in [1.29, 1.82) is 0 Å². The summed E-state index contributed by atoms with van der Waals surface area (Å²) in [5, 5.41) is 3.24. The molecule has 0 atom stereocenters. The molecule has 1 aromatic carbocycles. The van der Waals surface area contributed by atoms with E-state index in [2.05, 4.69) is 79.0 Å². The Morgan fingerprint density at radius 2 is 1.85 bits per heavy atom. The number of unbranched alkanes of at least 4 members (excludes halogenated alkanes) is 1. The average molecular weight is 358 g/mol. The molecular formula is C22H32FN3. The number of nitrogens with zero attached hydrogens (tertiary/aromatic N) is 2. The van der Waals surface area contributed by atoms with Gasteiger partial charge >= 0.3 is 0 Å². The molecule has 1 aliphatic rings. The Morgan fingerprint density at radius 1 is 1.15 bits per heavy atom. The standard InChI is InChI=1S/C17H19N3.C4H10.CH3F/c1-13(2)15-7-3-4-8-16(15)17-19-10-11-20(17)14-6-5-9-18-12-14;1-3-4-2;1-2/h3-8,10-13,18H,9H2,1-2H3;3-4H2,1-2H3;1H3. The smallest absolute Gasteiger partial charge is 0.144 e. The van der Waals surface area contributed by atoms with Crippen LogP contribution in [-0.4, -0.2) is 23.3 Å². The quantitative estimate of drug-likeness (QED) is 0.725. The van der Waals surface area contributed by atoms with E-state index in [9.17, 15) is 4.39 Å². The fourth-order valence-corrected chi connectivity index (χ4v) is 2.52. The SMILES string of the molecule is CC(C)c1ccccc1-c1nccn1C1=CNCC=C1.CCCC.CF. The lowest BCUT2D eigenvalue weighted by Gasteiger charge is -2.16. The maximum atomic E-state index is 9.50. The van der Waals surface area contributed by atoms with Crippen LogP contribution >= 0.6 is 0 Å². The summed E-state index contributed by atoms with van der Waals surface area (Å²) >= 11 is 0. The van der Waals surface area contributed by atoms with Crippen molar-refractivity contribution in [2.75, 3.05) is 13.7 Å². The first-order valence-corrected chi connectivity index (χ1v) is 9.29. The molecule has 0 amide bonds. The number of benzene rings is 1. The normalized spacial score (nSPS) is 12.3. The van der Waals surface area contributed by atoms with Crippen molar-refractivity contribution < 1.29 is 4.39 Å². The lowest BCUT2D eigenvalue weighted by Crippen LogP contribution is -2.12. The Morgan fingerprint density at radius 3 is 2.42 bits per heavy atom. The molecule has 0 spiro atoms. The fourth-order valence-electron chi connectivity index (χ4n) is 2.52. The minimum Gasteiger partial charge on any atom is -0.386 e. The molecule has 4 heteroatoms. The van der Waals surface area contributed by atoms with Crippen LogP contribution in [0, 0.1) is 0 Å². The number of dihydropyridines is 1. The first-order valence-electron chi connectivity index (χ1n) is 9.29. The minimum atomic E-state index is 0.477. The predicted octanol–water partition coefficient (Wildman–Crippen LogP) is 6.02. The van der Waals surface area contributed by atoms with Gasteiger partial charge in [-0.3, -0.25) is 8.96 Å². The minimum absolute atomic E-state index is 0.477. The van der Waals surface area contributed by atoms with Crippen LogP contribution < -0.4 is 5.32 Å². The number of rotatable bonds is 4. The molecule has 1 N–H and O–H groups in total. The van der Waals surface area contributed by atoms with Gasteiger partial charge < -0.3 is 5.32 Å². The molecule has 0 unspecified atom stereocenters. The van der Waals surface area contributed by atoms with Gasteiger partial charge in [-0.05, 0) is 17.6 Å². The summed E-state index contributed by atoms with van der Waals surface area (Å²) in [6, 6.07) is 8.49. The molecule has 3 nitrogen and oxygen atoms in total. The lowest BCUT2D eigenvalue weighted by molar-refractivity contribution is 0.636. The average Bonchev–Trinajstić information content (AvgIpc) is 3.20. The highest BCUT2D eigenvalue weighted by molar-refractivity contribution is 5.69. The monoisotopic (exact) mass is 357 g/mol. The Hall–Kier alpha value is -2.36. The van der Waals surface area contributed by atoms with Crippen molar-refractivity contribution >= 4 is 5.70 Å². The van der Waals surface area contributed by atoms with Crippen LogP contribution in [0.5, 0.6) is 0 Å². The molecule has 0 radical (unpaired) electrons. The van der Waals surface area contributed by atoms with E-state index in [0.717, 1.165) is 18.1 Å². The molecule has 0 bridgehead atoms. The van der Waals surface area contributed by atoms with Gasteiger partial charge in [0.2, 0.25) is 0 Å². The van der Waals surface area contributed by atoms with Crippen molar-refractivity contribution in [2.45, 2.75) is 46.5 Å². The molecule has 2 heterocycles. The second-order valence-electron chi connectivity index (χ2n) is 6.24. The summed E-state index contributed by atoms with van der Waals surface area (Å²) in [6.07, 6.45) is 12.8. The highest BCUT2D eigenvalue weighted by Crippen LogP contribution is 2.29. The molecular weight excluding hydrogens is 325 g/mol. The Kier molecular flexibility index (Phi) is 10.1. The zero-order valence-corrected chi connectivity index (χ0v) is 16.7. The number of nitrogens with one attached hydrogen (secondary N) is 1. The van der Waals surface area contributed by atoms with Gasteiger partial charge in [0.25, 0.3) is 0 Å². The molecule has 1 aliphatic heterocycles. The zero-order chi connectivity index (χ0) is 19.4. The van der Waals surface area contributed by atoms with Crippen molar-refractivity contribution in [2.24, 2.45) is 0 Å². The van der Waals surface area contributed by atoms with Crippen LogP contribution in [0.1, 0.15) is 52.0 Å². The Balaban J connectivity index is 0.000000500. The van der Waals surface area contributed by atoms with Crippen LogP contribution in [0.4, 0.5) is 4.39 Å². The first kappa shape index (κ1) is 21.7. The molecule has 0 saturated carbocycles. The Labute approximate surface area is 157 Å². The molecule has 0 saturated heterocycles. The highest BCUT2D eigenvalue weighted by Gasteiger charge is 2.14. The summed E-state index contributed by atoms with van der Waals surface area (Å²) in [4.78, 5) is 4.57. The van der Waals surface area contributed by atoms with Crippen molar-refractivity contribution in [3.05, 3.63) is 60.6 Å². The van der Waals surface area contributed by atoms with Gasteiger partial charge in [-0.1, -0.05) is 70.9 Å². The third-order valence-corrected chi connectivity index (χ3v) is 4.02. The maximum Gasteiger partial charge on any atom is 0.144 e. The first-order chi connectivity index (χ1) is 12.7. The number of imidazole rings is 1. The summed E-state index contributed by atoms with van der Waals surface area (Å²) < 4.78 is 11.6. The summed E-state index contributed by atoms with van der Waals surface area (Å²) in [5.74, 6) is 1.47. The highest BCUT2D eigenvalue weighted by atomic mass is 19.1. The number of halogens is 1. The van der Waals surface area contributed by atoms with Crippen LogP contribution in [-0.2, 0) is 0 Å². The number of hydrogen-bond acceptors (Lipinski definition) is 2. The van der Waals surface area contributed by atoms with E-state index in [0.29, 0.717) is 13.1 Å². The van der Waals surface area contributed by atoms with Gasteiger partial charge in [-0.15, -0.1) is 0 Å². The molecule has 142 valence electrons. The van der Waals surface area contributed by atoms with E-state index in [1.165, 1.54) is 24.0 Å². The summed E-state index contributed by atoms with van der Waals surface area (Å²) in [5.41, 5.74) is 3.64. The molecule has 3 rings (SSSR count). The van der Waals surface area contributed by atoms with Crippen molar-refractivity contribution in [1.82, 2.24) is 14.9 Å². The number of alkyl halides is 1. The van der Waals surface area contributed by atoms with E-state index in [4.69, 9.17) is 0 Å². The van der Waals surface area contributed by atoms with Crippen LogP contribution in [0.3, 0.4) is 0 Å². The van der Waals surface area contributed by atoms with Gasteiger partial charge in [0.1, 0.15) is 5.82 Å². The largest absolute Gasteiger partial charge is 0.386 e. The van der Waals surface area contributed by atoms with Crippen molar-refractivity contribution in [3.63, 3.8) is 0 Å². The third kappa shape index (κ3) is 5.87.